The Balaban J connectivity index is 2.27. The fourth-order valence-corrected chi connectivity index (χ4v) is 3.22. The van der Waals surface area contributed by atoms with Gasteiger partial charge in [-0.05, 0) is 51.1 Å². The summed E-state index contributed by atoms with van der Waals surface area (Å²) in [5, 5.41) is 3.47. The lowest BCUT2D eigenvalue weighted by Gasteiger charge is -2.35. The van der Waals surface area contributed by atoms with Gasteiger partial charge in [0.05, 0.1) is 14.2 Å². The summed E-state index contributed by atoms with van der Waals surface area (Å²) in [4.78, 5) is 2.59. The molecule has 2 atom stereocenters. The van der Waals surface area contributed by atoms with E-state index < -0.39 is 0 Å². The maximum atomic E-state index is 5.56. The van der Waals surface area contributed by atoms with E-state index in [0.29, 0.717) is 12.1 Å². The van der Waals surface area contributed by atoms with Crippen LogP contribution in [0.25, 0.3) is 0 Å². The summed E-state index contributed by atoms with van der Waals surface area (Å²) < 4.78 is 10.9. The number of hydrogen-bond donors (Lipinski definition) is 1. The van der Waals surface area contributed by atoms with Gasteiger partial charge < -0.3 is 14.8 Å². The second-order valence-electron chi connectivity index (χ2n) is 5.67. The summed E-state index contributed by atoms with van der Waals surface area (Å²) in [6.07, 6.45) is 2.38. The number of hydrogen-bond acceptors (Lipinski definition) is 4. The Morgan fingerprint density at radius 1 is 1.33 bits per heavy atom. The molecule has 1 aliphatic heterocycles. The monoisotopic (exact) mass is 292 g/mol. The number of nitrogens with zero attached hydrogens (tertiary/aromatic N) is 1. The largest absolute Gasteiger partial charge is 0.497 e. The summed E-state index contributed by atoms with van der Waals surface area (Å²) in [5.74, 6) is 1.83. The molecule has 0 spiro atoms. The molecule has 4 nitrogen and oxygen atoms in total. The maximum Gasteiger partial charge on any atom is 0.123 e. The Labute approximate surface area is 128 Å². The van der Waals surface area contributed by atoms with E-state index in [4.69, 9.17) is 9.47 Å². The number of methoxy groups -OCH3 is 2. The Hall–Kier alpha value is -1.26. The highest BCUT2D eigenvalue weighted by Crippen LogP contribution is 2.34. The first-order valence-electron chi connectivity index (χ1n) is 7.89. The zero-order valence-corrected chi connectivity index (χ0v) is 13.7. The molecular formula is C17H28N2O2. The minimum absolute atomic E-state index is 0.319. The summed E-state index contributed by atoms with van der Waals surface area (Å²) in [6.45, 7) is 7.81. The molecule has 1 fully saturated rings. The number of ether oxygens (including phenoxy) is 2. The first kappa shape index (κ1) is 16.1. The molecule has 1 heterocycles. The summed E-state index contributed by atoms with van der Waals surface area (Å²) >= 11 is 0. The van der Waals surface area contributed by atoms with Gasteiger partial charge in [-0.1, -0.05) is 6.92 Å². The Morgan fingerprint density at radius 3 is 2.71 bits per heavy atom. The quantitative estimate of drug-likeness (QED) is 0.838. The van der Waals surface area contributed by atoms with Crippen molar-refractivity contribution in [1.82, 2.24) is 10.2 Å². The number of rotatable bonds is 7. The van der Waals surface area contributed by atoms with Crippen LogP contribution in [0.5, 0.6) is 11.5 Å². The maximum absolute atomic E-state index is 5.56. The molecule has 1 aliphatic rings. The van der Waals surface area contributed by atoms with Crippen molar-refractivity contribution in [1.29, 1.82) is 0 Å². The zero-order valence-electron chi connectivity index (χ0n) is 13.7. The Bertz CT molecular complexity index is 444. The topological polar surface area (TPSA) is 33.7 Å². The van der Waals surface area contributed by atoms with Crippen LogP contribution in [0.15, 0.2) is 18.2 Å². The second-order valence-corrected chi connectivity index (χ2v) is 5.67. The summed E-state index contributed by atoms with van der Waals surface area (Å²) in [7, 11) is 3.44. The standard InChI is InChI=1S/C17H28N2O2/c1-5-10-19(14-8-9-18-12-14)13(2)16-11-15(20-3)6-7-17(16)21-4/h6-7,11,13-14,18H,5,8-10,12H2,1-4H3. The van der Waals surface area contributed by atoms with Crippen LogP contribution in [-0.4, -0.2) is 44.8 Å². The van der Waals surface area contributed by atoms with Gasteiger partial charge in [0.1, 0.15) is 11.5 Å². The van der Waals surface area contributed by atoms with Crippen molar-refractivity contribution in [2.45, 2.75) is 38.8 Å². The highest BCUT2D eigenvalue weighted by molar-refractivity contribution is 5.42. The average Bonchev–Trinajstić information content (AvgIpc) is 3.05. The highest BCUT2D eigenvalue weighted by Gasteiger charge is 2.28. The van der Waals surface area contributed by atoms with E-state index in [1.54, 1.807) is 14.2 Å². The van der Waals surface area contributed by atoms with Crippen molar-refractivity contribution in [2.24, 2.45) is 0 Å². The molecule has 21 heavy (non-hydrogen) atoms. The minimum atomic E-state index is 0.319. The highest BCUT2D eigenvalue weighted by atomic mass is 16.5. The van der Waals surface area contributed by atoms with E-state index in [9.17, 15) is 0 Å². The third kappa shape index (κ3) is 3.69. The van der Waals surface area contributed by atoms with Crippen LogP contribution in [-0.2, 0) is 0 Å². The van der Waals surface area contributed by atoms with Crippen molar-refractivity contribution in [2.75, 3.05) is 33.9 Å². The lowest BCUT2D eigenvalue weighted by atomic mass is 10.0. The van der Waals surface area contributed by atoms with Crippen molar-refractivity contribution in [3.05, 3.63) is 23.8 Å². The first-order valence-corrected chi connectivity index (χ1v) is 7.89. The molecule has 2 rings (SSSR count). The SMILES string of the molecule is CCCN(C1CCNC1)C(C)c1cc(OC)ccc1OC. The molecule has 1 aromatic rings. The normalized spacial score (nSPS) is 19.8. The van der Waals surface area contributed by atoms with Gasteiger partial charge in [-0.25, -0.2) is 0 Å². The van der Waals surface area contributed by atoms with Gasteiger partial charge in [0.2, 0.25) is 0 Å². The lowest BCUT2D eigenvalue weighted by molar-refractivity contribution is 0.151. The van der Waals surface area contributed by atoms with Gasteiger partial charge in [-0.2, -0.15) is 0 Å². The van der Waals surface area contributed by atoms with E-state index in [0.717, 1.165) is 37.6 Å². The molecular weight excluding hydrogens is 264 g/mol. The minimum Gasteiger partial charge on any atom is -0.497 e. The molecule has 118 valence electrons. The van der Waals surface area contributed by atoms with Gasteiger partial charge in [0.15, 0.2) is 0 Å². The van der Waals surface area contributed by atoms with Crippen LogP contribution in [0.3, 0.4) is 0 Å². The first-order chi connectivity index (χ1) is 10.2. The molecule has 0 amide bonds. The lowest BCUT2D eigenvalue weighted by Crippen LogP contribution is -2.39. The van der Waals surface area contributed by atoms with Gasteiger partial charge in [0.25, 0.3) is 0 Å². The van der Waals surface area contributed by atoms with Crippen LogP contribution in [0.1, 0.15) is 38.3 Å². The fraction of sp³-hybridized carbons (Fsp3) is 0.647. The van der Waals surface area contributed by atoms with Crippen molar-refractivity contribution in [3.8, 4) is 11.5 Å². The van der Waals surface area contributed by atoms with E-state index in [1.165, 1.54) is 12.0 Å². The van der Waals surface area contributed by atoms with Crippen LogP contribution in [0.4, 0.5) is 0 Å². The molecule has 0 aliphatic carbocycles. The third-order valence-corrected chi connectivity index (χ3v) is 4.37. The number of nitrogens with one attached hydrogen (secondary N) is 1. The predicted molar refractivity (Wildman–Crippen MR) is 86.2 cm³/mol. The van der Waals surface area contributed by atoms with Crippen LogP contribution in [0.2, 0.25) is 0 Å². The number of benzene rings is 1. The average molecular weight is 292 g/mol. The van der Waals surface area contributed by atoms with Crippen LogP contribution in [0, 0.1) is 0 Å². The van der Waals surface area contributed by atoms with Crippen LogP contribution >= 0.6 is 0 Å². The summed E-state index contributed by atoms with van der Waals surface area (Å²) in [6, 6.07) is 6.99. The van der Waals surface area contributed by atoms with E-state index in [-0.39, 0.29) is 0 Å². The third-order valence-electron chi connectivity index (χ3n) is 4.37. The smallest absolute Gasteiger partial charge is 0.123 e. The van der Waals surface area contributed by atoms with Crippen molar-refractivity contribution in [3.63, 3.8) is 0 Å². The molecule has 1 N–H and O–H groups in total. The summed E-state index contributed by atoms with van der Waals surface area (Å²) in [5.41, 5.74) is 1.21. The molecule has 0 radical (unpaired) electrons. The second kappa shape index (κ2) is 7.66. The molecule has 0 bridgehead atoms. The van der Waals surface area contributed by atoms with Gasteiger partial charge in [-0.15, -0.1) is 0 Å². The van der Waals surface area contributed by atoms with Gasteiger partial charge in [-0.3, -0.25) is 4.90 Å². The predicted octanol–water partition coefficient (Wildman–Crippen LogP) is 2.84. The van der Waals surface area contributed by atoms with E-state index in [1.807, 2.05) is 12.1 Å². The molecule has 0 saturated carbocycles. The molecule has 1 saturated heterocycles. The van der Waals surface area contributed by atoms with Gasteiger partial charge in [0, 0.05) is 24.2 Å². The van der Waals surface area contributed by atoms with E-state index >= 15 is 0 Å². The van der Waals surface area contributed by atoms with E-state index in [2.05, 4.69) is 30.1 Å². The molecule has 2 unspecified atom stereocenters. The van der Waals surface area contributed by atoms with Crippen molar-refractivity contribution < 1.29 is 9.47 Å². The van der Waals surface area contributed by atoms with Gasteiger partial charge >= 0.3 is 0 Å². The van der Waals surface area contributed by atoms with Crippen LogP contribution < -0.4 is 14.8 Å². The molecule has 0 aromatic heterocycles. The molecule has 1 aromatic carbocycles. The Morgan fingerprint density at radius 2 is 2.14 bits per heavy atom. The Kier molecular flexibility index (Phi) is 5.88. The zero-order chi connectivity index (χ0) is 15.2. The fourth-order valence-electron chi connectivity index (χ4n) is 3.22. The molecule has 4 heteroatoms. The van der Waals surface area contributed by atoms with Crippen molar-refractivity contribution >= 4 is 0 Å².